The van der Waals surface area contributed by atoms with Crippen LogP contribution in [-0.2, 0) is 9.53 Å². The minimum Gasteiger partial charge on any atom is -0.466 e. The molecule has 2 N–H and O–H groups in total. The van der Waals surface area contributed by atoms with Crippen molar-refractivity contribution in [2.75, 3.05) is 30.8 Å². The van der Waals surface area contributed by atoms with Crippen molar-refractivity contribution in [2.45, 2.75) is 19.9 Å². The third kappa shape index (κ3) is 2.04. The van der Waals surface area contributed by atoms with Gasteiger partial charge in [-0.1, -0.05) is 0 Å². The molecule has 94 valence electrons. The lowest BCUT2D eigenvalue weighted by Crippen LogP contribution is -2.37. The van der Waals surface area contributed by atoms with Crippen LogP contribution in [0.1, 0.15) is 19.9 Å². The van der Waals surface area contributed by atoms with Gasteiger partial charge in [-0.05, 0) is 13.8 Å². The second kappa shape index (κ2) is 4.60. The van der Waals surface area contributed by atoms with Gasteiger partial charge >= 0.3 is 5.97 Å². The van der Waals surface area contributed by atoms with Crippen molar-refractivity contribution in [3.63, 3.8) is 0 Å². The maximum absolute atomic E-state index is 11.8. The Morgan fingerprint density at radius 2 is 2.47 bits per heavy atom. The number of carbonyl (C=O) groups excluding carboxylic acids is 1. The Kier molecular flexibility index (Phi) is 3.16. The van der Waals surface area contributed by atoms with E-state index in [1.54, 1.807) is 18.7 Å². The van der Waals surface area contributed by atoms with E-state index < -0.39 is 0 Å². The van der Waals surface area contributed by atoms with Gasteiger partial charge in [0.25, 0.3) is 0 Å². The van der Waals surface area contributed by atoms with Gasteiger partial charge in [-0.15, -0.1) is 5.10 Å². The van der Waals surface area contributed by atoms with Gasteiger partial charge in [0.15, 0.2) is 0 Å². The lowest BCUT2D eigenvalue weighted by molar-refractivity contribution is -0.149. The number of aromatic nitrogens is 3. The summed E-state index contributed by atoms with van der Waals surface area (Å²) in [6, 6.07) is -0.0556. The molecule has 0 spiro atoms. The van der Waals surface area contributed by atoms with E-state index in [9.17, 15) is 4.79 Å². The molecule has 2 unspecified atom stereocenters. The standard InChI is InChI=1S/C10H17N5O2/c1-4-17-8(16)7-5-12-10-13-9(11-3)14-15(10)6(7)2/h6-7H,4-5H2,1-3H3,(H2,11,12,13,14). The SMILES string of the molecule is CCOC(=O)C1CNc2nc(NC)nn2C1C. The van der Waals surface area contributed by atoms with Crippen molar-refractivity contribution in [3.8, 4) is 0 Å². The second-order valence-electron chi connectivity index (χ2n) is 3.93. The highest BCUT2D eigenvalue weighted by Gasteiger charge is 2.34. The van der Waals surface area contributed by atoms with Crippen molar-refractivity contribution in [1.29, 1.82) is 0 Å². The molecule has 0 radical (unpaired) electrons. The van der Waals surface area contributed by atoms with Crippen LogP contribution in [0.4, 0.5) is 11.9 Å². The summed E-state index contributed by atoms with van der Waals surface area (Å²) in [5.41, 5.74) is 0. The van der Waals surface area contributed by atoms with Crippen LogP contribution in [-0.4, -0.2) is 40.9 Å². The number of fused-ring (bicyclic) bond motifs is 1. The van der Waals surface area contributed by atoms with Crippen LogP contribution in [0.2, 0.25) is 0 Å². The Morgan fingerprint density at radius 1 is 1.71 bits per heavy atom. The number of esters is 1. The fourth-order valence-electron chi connectivity index (χ4n) is 1.91. The molecule has 7 nitrogen and oxygen atoms in total. The molecule has 17 heavy (non-hydrogen) atoms. The lowest BCUT2D eigenvalue weighted by atomic mass is 10.0. The molecule has 0 fully saturated rings. The fourth-order valence-corrected chi connectivity index (χ4v) is 1.91. The minimum absolute atomic E-state index is 0.0556. The Bertz CT molecular complexity index is 417. The van der Waals surface area contributed by atoms with Crippen molar-refractivity contribution >= 4 is 17.9 Å². The van der Waals surface area contributed by atoms with Gasteiger partial charge in [-0.2, -0.15) is 4.98 Å². The summed E-state index contributed by atoms with van der Waals surface area (Å²) in [5.74, 6) is 0.805. The van der Waals surface area contributed by atoms with Crippen LogP contribution in [0, 0.1) is 5.92 Å². The molecule has 0 saturated heterocycles. The van der Waals surface area contributed by atoms with Crippen LogP contribution in [0.5, 0.6) is 0 Å². The highest BCUT2D eigenvalue weighted by molar-refractivity contribution is 5.74. The number of anilines is 2. The molecule has 7 heteroatoms. The molecule has 0 bridgehead atoms. The first-order valence-electron chi connectivity index (χ1n) is 5.72. The Morgan fingerprint density at radius 3 is 3.12 bits per heavy atom. The highest BCUT2D eigenvalue weighted by atomic mass is 16.5. The Balaban J connectivity index is 2.20. The number of nitrogens with one attached hydrogen (secondary N) is 2. The molecule has 1 aliphatic rings. The molecule has 1 aromatic rings. The topological polar surface area (TPSA) is 81.1 Å². The molecule has 1 aliphatic heterocycles. The van der Waals surface area contributed by atoms with Crippen molar-refractivity contribution < 1.29 is 9.53 Å². The largest absolute Gasteiger partial charge is 0.466 e. The van der Waals surface area contributed by atoms with Crippen LogP contribution < -0.4 is 10.6 Å². The molecular weight excluding hydrogens is 222 g/mol. The summed E-state index contributed by atoms with van der Waals surface area (Å²) in [4.78, 5) is 16.0. The third-order valence-corrected chi connectivity index (χ3v) is 2.89. The summed E-state index contributed by atoms with van der Waals surface area (Å²) in [6.07, 6.45) is 0. The van der Waals surface area contributed by atoms with Crippen molar-refractivity contribution in [1.82, 2.24) is 14.8 Å². The predicted octanol–water partition coefficient (Wildman–Crippen LogP) is 0.486. The number of nitrogens with zero attached hydrogens (tertiary/aromatic N) is 3. The van der Waals surface area contributed by atoms with Gasteiger partial charge in [-0.3, -0.25) is 4.79 Å². The van der Waals surface area contributed by atoms with E-state index in [1.807, 2.05) is 6.92 Å². The van der Waals surface area contributed by atoms with E-state index in [0.717, 1.165) is 0 Å². The van der Waals surface area contributed by atoms with E-state index >= 15 is 0 Å². The highest BCUT2D eigenvalue weighted by Crippen LogP contribution is 2.28. The van der Waals surface area contributed by atoms with E-state index in [0.29, 0.717) is 25.0 Å². The Hall–Kier alpha value is -1.79. The molecule has 0 aliphatic carbocycles. The molecule has 0 amide bonds. The predicted molar refractivity (Wildman–Crippen MR) is 62.9 cm³/mol. The summed E-state index contributed by atoms with van der Waals surface area (Å²) < 4.78 is 6.76. The van der Waals surface area contributed by atoms with Gasteiger partial charge in [-0.25, -0.2) is 4.68 Å². The smallest absolute Gasteiger partial charge is 0.312 e. The van der Waals surface area contributed by atoms with Crippen LogP contribution >= 0.6 is 0 Å². The quantitative estimate of drug-likeness (QED) is 0.747. The zero-order valence-corrected chi connectivity index (χ0v) is 10.2. The van der Waals surface area contributed by atoms with Gasteiger partial charge < -0.3 is 15.4 Å². The first-order valence-corrected chi connectivity index (χ1v) is 5.72. The third-order valence-electron chi connectivity index (χ3n) is 2.89. The maximum Gasteiger partial charge on any atom is 0.312 e. The first kappa shape index (κ1) is 11.7. The second-order valence-corrected chi connectivity index (χ2v) is 3.93. The Labute approximate surface area is 99.5 Å². The normalized spacial score (nSPS) is 22.5. The van der Waals surface area contributed by atoms with Crippen LogP contribution in [0.25, 0.3) is 0 Å². The summed E-state index contributed by atoms with van der Waals surface area (Å²) in [5, 5.41) is 10.2. The van der Waals surface area contributed by atoms with E-state index in [2.05, 4.69) is 20.7 Å². The first-order chi connectivity index (χ1) is 8.17. The van der Waals surface area contributed by atoms with E-state index in [-0.39, 0.29) is 17.9 Å². The zero-order chi connectivity index (χ0) is 12.4. The number of hydrogen-bond donors (Lipinski definition) is 2. The molecule has 2 atom stereocenters. The monoisotopic (exact) mass is 239 g/mol. The number of hydrogen-bond acceptors (Lipinski definition) is 6. The molecule has 0 saturated carbocycles. The molecular formula is C10H17N5O2. The van der Waals surface area contributed by atoms with Gasteiger partial charge in [0.2, 0.25) is 11.9 Å². The fraction of sp³-hybridized carbons (Fsp3) is 0.700. The molecule has 0 aromatic carbocycles. The van der Waals surface area contributed by atoms with Gasteiger partial charge in [0, 0.05) is 13.6 Å². The summed E-state index contributed by atoms with van der Waals surface area (Å²) in [6.45, 7) is 4.68. The van der Waals surface area contributed by atoms with Crippen molar-refractivity contribution in [2.24, 2.45) is 5.92 Å². The maximum atomic E-state index is 11.8. The zero-order valence-electron chi connectivity index (χ0n) is 10.2. The average molecular weight is 239 g/mol. The summed E-state index contributed by atoms with van der Waals surface area (Å²) >= 11 is 0. The number of ether oxygens (including phenoxy) is 1. The van der Waals surface area contributed by atoms with Gasteiger partial charge in [0.05, 0.1) is 18.6 Å². The molecule has 2 heterocycles. The average Bonchev–Trinajstić information content (AvgIpc) is 2.73. The molecule has 1 aromatic heterocycles. The van der Waals surface area contributed by atoms with Crippen LogP contribution in [0.15, 0.2) is 0 Å². The number of carbonyl (C=O) groups is 1. The van der Waals surface area contributed by atoms with Crippen LogP contribution in [0.3, 0.4) is 0 Å². The molecule has 2 rings (SSSR count). The van der Waals surface area contributed by atoms with Crippen molar-refractivity contribution in [3.05, 3.63) is 0 Å². The lowest BCUT2D eigenvalue weighted by Gasteiger charge is -2.28. The van der Waals surface area contributed by atoms with E-state index in [4.69, 9.17) is 4.74 Å². The van der Waals surface area contributed by atoms with E-state index in [1.165, 1.54) is 0 Å². The summed E-state index contributed by atoms with van der Waals surface area (Å²) in [7, 11) is 1.76. The minimum atomic E-state index is -0.228. The number of rotatable bonds is 3. The van der Waals surface area contributed by atoms with Gasteiger partial charge in [0.1, 0.15) is 0 Å².